The Hall–Kier alpha value is -11.8. The van der Waals surface area contributed by atoms with Crippen molar-refractivity contribution in [3.63, 3.8) is 0 Å². The summed E-state index contributed by atoms with van der Waals surface area (Å²) in [6, 6.07) is 17.9. The lowest BCUT2D eigenvalue weighted by Crippen LogP contribution is -2.60. The Balaban J connectivity index is 1.22. The number of carbonyl (C=O) groups excluding carboxylic acids is 13. The van der Waals surface area contributed by atoms with Crippen LogP contribution in [0.2, 0.25) is 0 Å². The van der Waals surface area contributed by atoms with Gasteiger partial charge in [0.2, 0.25) is 59.1 Å². The number of ketones is 1. The van der Waals surface area contributed by atoms with Crippen molar-refractivity contribution in [2.24, 2.45) is 5.73 Å². The molecule has 8 rings (SSSR count). The number of nitrogens with zero attached hydrogens (tertiary/aromatic N) is 1. The second-order valence-electron chi connectivity index (χ2n) is 24.9. The maximum Gasteiger partial charge on any atom is 0.252 e. The van der Waals surface area contributed by atoms with Crippen LogP contribution in [-0.2, 0) is 73.6 Å². The van der Waals surface area contributed by atoms with E-state index in [-0.39, 0.29) is 104 Å². The van der Waals surface area contributed by atoms with Crippen molar-refractivity contribution in [1.29, 1.82) is 0 Å². The molecule has 0 aliphatic carbocycles. The normalized spacial score (nSPS) is 22.6. The summed E-state index contributed by atoms with van der Waals surface area (Å²) in [5.74, 6) is -12.0. The summed E-state index contributed by atoms with van der Waals surface area (Å²) in [5.41, 5.74) is 6.99. The van der Waals surface area contributed by atoms with Gasteiger partial charge in [-0.15, -0.1) is 0 Å². The lowest BCUT2D eigenvalue weighted by atomic mass is 9.97. The number of aromatic nitrogens is 2. The fourth-order valence-corrected chi connectivity index (χ4v) is 11.4. The quantitative estimate of drug-likeness (QED) is 0.0682. The lowest BCUT2D eigenvalue weighted by Gasteiger charge is -2.27. The van der Waals surface area contributed by atoms with Crippen molar-refractivity contribution in [2.45, 2.75) is 152 Å². The molecule has 5 aromatic carbocycles. The molecular formula is C72H84N14O15. The highest BCUT2D eigenvalue weighted by atomic mass is 16.3. The highest BCUT2D eigenvalue weighted by Gasteiger charge is 2.36. The van der Waals surface area contributed by atoms with E-state index in [0.29, 0.717) is 36.0 Å². The van der Waals surface area contributed by atoms with Gasteiger partial charge in [0.15, 0.2) is 5.78 Å². The smallest absolute Gasteiger partial charge is 0.252 e. The van der Waals surface area contributed by atoms with Gasteiger partial charge >= 0.3 is 0 Å². The number of amides is 12. The summed E-state index contributed by atoms with van der Waals surface area (Å²) in [6.07, 6.45) is 3.79. The molecule has 1 aromatic heterocycles. The number of aromatic amines is 1. The molecule has 4 bridgehead atoms. The highest BCUT2D eigenvalue weighted by molar-refractivity contribution is 6.07. The van der Waals surface area contributed by atoms with Gasteiger partial charge in [-0.2, -0.15) is 0 Å². The molecule has 0 saturated carbocycles. The van der Waals surface area contributed by atoms with Crippen LogP contribution in [0.25, 0.3) is 0 Å². The molecule has 29 nitrogen and oxygen atoms in total. The maximum atomic E-state index is 15.0. The molecule has 101 heavy (non-hydrogen) atoms. The predicted molar refractivity (Wildman–Crippen MR) is 366 cm³/mol. The van der Waals surface area contributed by atoms with E-state index in [2.05, 4.69) is 68.5 Å². The van der Waals surface area contributed by atoms with Crippen LogP contribution >= 0.6 is 0 Å². The molecule has 16 N–H and O–H groups in total. The molecule has 2 aliphatic rings. The number of fused-ring (bicyclic) bond motifs is 8. The number of carbonyl (C=O) groups is 13. The monoisotopic (exact) mass is 1380 g/mol. The molecule has 1 unspecified atom stereocenters. The van der Waals surface area contributed by atoms with Gasteiger partial charge in [-0.05, 0) is 90.9 Å². The summed E-state index contributed by atoms with van der Waals surface area (Å²) in [7, 11) is 0. The van der Waals surface area contributed by atoms with E-state index in [1.807, 2.05) is 6.92 Å². The summed E-state index contributed by atoms with van der Waals surface area (Å²) >= 11 is 0. The first-order valence-corrected chi connectivity index (χ1v) is 33.4. The minimum absolute atomic E-state index is 0.0511. The van der Waals surface area contributed by atoms with Gasteiger partial charge in [0, 0.05) is 61.5 Å². The van der Waals surface area contributed by atoms with Crippen LogP contribution in [0.15, 0.2) is 140 Å². The summed E-state index contributed by atoms with van der Waals surface area (Å²) < 4.78 is 0. The zero-order chi connectivity index (χ0) is 72.5. The van der Waals surface area contributed by atoms with Crippen molar-refractivity contribution < 1.29 is 72.5 Å². The first kappa shape index (κ1) is 75.0. The van der Waals surface area contributed by atoms with Crippen molar-refractivity contribution in [3.05, 3.63) is 185 Å². The number of hydrogen-bond donors (Lipinski definition) is 15. The number of imidazole rings is 1. The molecule has 0 fully saturated rings. The SMILES string of the molecule is CCCCC[C@H]1NC(=O)CNC(=O)[C@@H](Cc2ccccc2)NC(=O)C(Cc2ccc(O)cc2)NC(=O)[C@@H]2CCCCCC(=O)c3cc(cc(c3)C(=O)N[C@@H](c3ccccc3)C(=O)N[C@@H](Cc3ccc(O)cc3)C(=O)N[C@H](C)C(=O)N2)C(=O)NC[C@@H](C(N)=O)NC(=O)[C@H](Cc2c[nH]cn2)NC1=O. The van der Waals surface area contributed by atoms with E-state index in [4.69, 9.17) is 5.73 Å². The van der Waals surface area contributed by atoms with Crippen LogP contribution in [0.3, 0.4) is 0 Å². The molecule has 0 radical (unpaired) electrons. The van der Waals surface area contributed by atoms with Crippen LogP contribution in [0.1, 0.15) is 137 Å². The zero-order valence-corrected chi connectivity index (χ0v) is 55.8. The van der Waals surface area contributed by atoms with Crippen molar-refractivity contribution >= 4 is 76.7 Å². The molecule has 0 saturated heterocycles. The van der Waals surface area contributed by atoms with Gasteiger partial charge in [-0.25, -0.2) is 4.98 Å². The maximum absolute atomic E-state index is 15.0. The van der Waals surface area contributed by atoms with Crippen molar-refractivity contribution in [1.82, 2.24) is 68.5 Å². The Morgan fingerprint density at radius 1 is 0.505 bits per heavy atom. The molecule has 0 spiro atoms. The average Bonchev–Trinajstić information content (AvgIpc) is 0.960. The number of rotatable bonds is 14. The van der Waals surface area contributed by atoms with Crippen LogP contribution < -0.4 is 64.2 Å². The molecule has 9 atom stereocenters. The number of hydrogen-bond acceptors (Lipinski definition) is 16. The van der Waals surface area contributed by atoms with Crippen molar-refractivity contribution in [3.8, 4) is 11.5 Å². The highest BCUT2D eigenvalue weighted by Crippen LogP contribution is 2.22. The second kappa shape index (κ2) is 36.7. The molecule has 6 aromatic rings. The van der Waals surface area contributed by atoms with Gasteiger partial charge in [0.1, 0.15) is 65.9 Å². The Kier molecular flexibility index (Phi) is 27.3. The number of phenols is 2. The number of Topliss-reactive ketones (excluding diaryl/α,β-unsaturated/α-hetero) is 1. The Morgan fingerprint density at radius 3 is 1.64 bits per heavy atom. The van der Waals surface area contributed by atoms with Crippen molar-refractivity contribution in [2.75, 3.05) is 13.1 Å². The minimum Gasteiger partial charge on any atom is -0.508 e. The number of benzene rings is 5. The topological polar surface area (TPSA) is 449 Å². The molecule has 532 valence electrons. The average molecular weight is 1390 g/mol. The van der Waals surface area contributed by atoms with E-state index >= 15 is 0 Å². The number of unbranched alkanes of at least 4 members (excludes halogenated alkanes) is 2. The van der Waals surface area contributed by atoms with Gasteiger partial charge in [0.25, 0.3) is 11.8 Å². The Bertz CT molecular complexity index is 3930. The van der Waals surface area contributed by atoms with E-state index in [1.165, 1.54) is 92.2 Å². The number of aromatic hydroxyl groups is 2. The van der Waals surface area contributed by atoms with Crippen LogP contribution in [0, 0.1) is 0 Å². The fourth-order valence-electron chi connectivity index (χ4n) is 11.4. The minimum atomic E-state index is -1.68. The third-order valence-electron chi connectivity index (χ3n) is 17.1. The molecule has 29 heteroatoms. The lowest BCUT2D eigenvalue weighted by molar-refractivity contribution is -0.135. The van der Waals surface area contributed by atoms with Crippen LogP contribution in [0.5, 0.6) is 11.5 Å². The Morgan fingerprint density at radius 2 is 1.04 bits per heavy atom. The number of H-pyrrole nitrogens is 1. The van der Waals surface area contributed by atoms with Gasteiger partial charge in [0.05, 0.1) is 18.6 Å². The van der Waals surface area contributed by atoms with E-state index in [0.717, 1.165) is 6.07 Å². The third kappa shape index (κ3) is 22.6. The standard InChI is InChI=1S/C72H84N14O15/c1-3-4-8-19-52-67(96)83-57(36-49-37-74-40-77-49)71(100)85-58(62(73)91)38-75-64(93)47-33-46-34-48(35-47)65(94)86-61(45-17-11-6-12-18-45)72(101)84-55(31-43-22-26-50(87)27-23-43)69(98)78-41(2)63(92)80-53(20-13-7-14-21-59(46)89)68(97)82-56(32-44-24-28-51(88)29-25-44)70(99)81-54(30-42-15-9-5-10-16-42)66(95)76-39-60(90)79-52/h5-6,9-12,15-18,22-29,33-35,37,40-41,52-58,61,87-88H,3-4,7-8,13-14,19-21,30-32,36,38-39H2,1-2H3,(H2,73,91)(H,74,77)(H,75,93)(H,76,95)(H,78,98)(H,79,90)(H,80,92)(H,81,99)(H,82,97)(H,83,96)(H,84,101)(H,85,100)(H,86,94)/t41-,52-,53+,54-,55+,56?,57+,58+,61+/m1/s1. The van der Waals surface area contributed by atoms with Gasteiger partial charge < -0.3 is 79.4 Å². The largest absolute Gasteiger partial charge is 0.508 e. The molecule has 3 heterocycles. The van der Waals surface area contributed by atoms with E-state index in [1.54, 1.807) is 48.5 Å². The van der Waals surface area contributed by atoms with E-state index < -0.39 is 144 Å². The fraction of sp³-hybridized carbons (Fsp3) is 0.361. The Labute approximate surface area is 581 Å². The zero-order valence-electron chi connectivity index (χ0n) is 55.8. The first-order valence-electron chi connectivity index (χ1n) is 33.4. The molecular weight excluding hydrogens is 1300 g/mol. The number of nitrogens with one attached hydrogen (secondary N) is 12. The van der Waals surface area contributed by atoms with Crippen LogP contribution in [0.4, 0.5) is 0 Å². The first-order chi connectivity index (χ1) is 48.5. The third-order valence-corrected chi connectivity index (χ3v) is 17.1. The van der Waals surface area contributed by atoms with Crippen LogP contribution in [-0.4, -0.2) is 158 Å². The number of primary amides is 1. The summed E-state index contributed by atoms with van der Waals surface area (Å²) in [5, 5.41) is 49.4. The molecule has 2 aliphatic heterocycles. The predicted octanol–water partition coefficient (Wildman–Crippen LogP) is 1.23. The summed E-state index contributed by atoms with van der Waals surface area (Å²) in [4.78, 5) is 195. The van der Waals surface area contributed by atoms with Gasteiger partial charge in [-0.1, -0.05) is 124 Å². The van der Waals surface area contributed by atoms with Gasteiger partial charge in [-0.3, -0.25) is 62.3 Å². The second-order valence-corrected chi connectivity index (χ2v) is 24.9. The van der Waals surface area contributed by atoms with E-state index in [9.17, 15) is 72.5 Å². The summed E-state index contributed by atoms with van der Waals surface area (Å²) in [6.45, 7) is 1.82. The molecule has 12 amide bonds. The number of nitrogens with two attached hydrogens (primary N) is 1. The number of phenolic OH excluding ortho intramolecular Hbond substituents is 2.